The highest BCUT2D eigenvalue weighted by Crippen LogP contribution is 2.25. The van der Waals surface area contributed by atoms with Crippen molar-refractivity contribution >= 4 is 29.0 Å². The van der Waals surface area contributed by atoms with Crippen LogP contribution in [0.5, 0.6) is 5.75 Å². The third-order valence-corrected chi connectivity index (χ3v) is 4.95. The number of carbonyl (C=O) groups excluding carboxylic acids is 2. The van der Waals surface area contributed by atoms with Crippen molar-refractivity contribution in [3.63, 3.8) is 0 Å². The Morgan fingerprint density at radius 2 is 1.76 bits per heavy atom. The molecule has 0 bridgehead atoms. The van der Waals surface area contributed by atoms with Gasteiger partial charge in [-0.25, -0.2) is 14.6 Å². The maximum Gasteiger partial charge on any atom is 0.337 e. The number of ether oxygens (including phenoxy) is 2. The number of esters is 1. The largest absolute Gasteiger partial charge is 0.485 e. The molecule has 2 amide bonds. The van der Waals surface area contributed by atoms with Gasteiger partial charge in [-0.05, 0) is 61.0 Å². The number of hydrogen-bond acceptors (Lipinski definition) is 6. The molecule has 0 saturated carbocycles. The van der Waals surface area contributed by atoms with Gasteiger partial charge < -0.3 is 20.1 Å². The van der Waals surface area contributed by atoms with Crippen molar-refractivity contribution in [1.82, 2.24) is 9.38 Å². The first-order chi connectivity index (χ1) is 16.4. The predicted molar refractivity (Wildman–Crippen MR) is 127 cm³/mol. The molecule has 2 N–H and O–H groups in total. The first-order valence-corrected chi connectivity index (χ1v) is 10.4. The molecule has 0 radical (unpaired) electrons. The van der Waals surface area contributed by atoms with Gasteiger partial charge in [-0.1, -0.05) is 12.1 Å². The van der Waals surface area contributed by atoms with E-state index in [1.807, 2.05) is 19.1 Å². The van der Waals surface area contributed by atoms with Crippen LogP contribution in [0.25, 0.3) is 5.65 Å². The molecular weight excluding hydrogens is 436 g/mol. The first kappa shape index (κ1) is 22.5. The van der Waals surface area contributed by atoms with Crippen LogP contribution in [0.15, 0.2) is 77.7 Å². The van der Waals surface area contributed by atoms with Crippen LogP contribution >= 0.6 is 0 Å². The van der Waals surface area contributed by atoms with E-state index < -0.39 is 12.0 Å². The van der Waals surface area contributed by atoms with Crippen molar-refractivity contribution < 1.29 is 19.1 Å². The summed E-state index contributed by atoms with van der Waals surface area (Å²) >= 11 is 0. The number of urea groups is 1. The van der Waals surface area contributed by atoms with Gasteiger partial charge >= 0.3 is 12.0 Å². The van der Waals surface area contributed by atoms with Gasteiger partial charge in [0.2, 0.25) is 0 Å². The summed E-state index contributed by atoms with van der Waals surface area (Å²) in [5, 5.41) is 5.43. The highest BCUT2D eigenvalue weighted by molar-refractivity contribution is 6.01. The van der Waals surface area contributed by atoms with Crippen LogP contribution in [0, 0.1) is 6.92 Å². The lowest BCUT2D eigenvalue weighted by molar-refractivity contribution is 0.0600. The number of pyridine rings is 1. The number of benzene rings is 2. The smallest absolute Gasteiger partial charge is 0.337 e. The second-order valence-electron chi connectivity index (χ2n) is 7.45. The van der Waals surface area contributed by atoms with E-state index in [2.05, 4.69) is 20.4 Å². The van der Waals surface area contributed by atoms with Crippen molar-refractivity contribution in [2.75, 3.05) is 17.7 Å². The second kappa shape index (κ2) is 9.86. The maximum atomic E-state index is 12.5. The fourth-order valence-corrected chi connectivity index (χ4v) is 3.27. The zero-order valence-electron chi connectivity index (χ0n) is 18.6. The zero-order valence-corrected chi connectivity index (χ0v) is 18.6. The SMILES string of the molecule is COC(=O)c1ccc(NC(=O)Nc2ccccc2OCc2cc(=O)n3ccc(C)cc3n2)cc1. The minimum Gasteiger partial charge on any atom is -0.485 e. The Balaban J connectivity index is 1.44. The number of anilines is 2. The Kier molecular flexibility index (Phi) is 6.54. The molecule has 9 heteroatoms. The number of aromatic nitrogens is 2. The second-order valence-corrected chi connectivity index (χ2v) is 7.45. The van der Waals surface area contributed by atoms with Crippen LogP contribution in [0.3, 0.4) is 0 Å². The van der Waals surface area contributed by atoms with Crippen molar-refractivity contribution in [1.29, 1.82) is 0 Å². The lowest BCUT2D eigenvalue weighted by Gasteiger charge is -2.13. The quantitative estimate of drug-likeness (QED) is 0.422. The molecule has 4 aromatic rings. The van der Waals surface area contributed by atoms with Gasteiger partial charge in [0.25, 0.3) is 5.56 Å². The number of aryl methyl sites for hydroxylation is 1. The molecule has 4 rings (SSSR count). The highest BCUT2D eigenvalue weighted by atomic mass is 16.5. The van der Waals surface area contributed by atoms with E-state index in [1.165, 1.54) is 17.6 Å². The Bertz CT molecular complexity index is 1410. The minimum atomic E-state index is -0.487. The topological polar surface area (TPSA) is 111 Å². The van der Waals surface area contributed by atoms with Crippen LogP contribution in [0.1, 0.15) is 21.6 Å². The van der Waals surface area contributed by atoms with E-state index in [0.717, 1.165) is 5.56 Å². The Morgan fingerprint density at radius 3 is 2.53 bits per heavy atom. The Hall–Kier alpha value is -4.66. The van der Waals surface area contributed by atoms with Crippen LogP contribution in [0.4, 0.5) is 16.2 Å². The lowest BCUT2D eigenvalue weighted by Crippen LogP contribution is -2.20. The normalized spacial score (nSPS) is 10.5. The van der Waals surface area contributed by atoms with Gasteiger partial charge in [-0.15, -0.1) is 0 Å². The van der Waals surface area contributed by atoms with Crippen LogP contribution in [0.2, 0.25) is 0 Å². The number of fused-ring (bicyclic) bond motifs is 1. The third kappa shape index (κ3) is 5.21. The number of amides is 2. The summed E-state index contributed by atoms with van der Waals surface area (Å²) < 4.78 is 12.0. The average molecular weight is 458 g/mol. The molecule has 0 aliphatic carbocycles. The molecule has 2 aromatic carbocycles. The van der Waals surface area contributed by atoms with Crippen LogP contribution in [-0.2, 0) is 11.3 Å². The minimum absolute atomic E-state index is 0.0506. The van der Waals surface area contributed by atoms with Crippen LogP contribution in [-0.4, -0.2) is 28.5 Å². The number of rotatable bonds is 6. The highest BCUT2D eigenvalue weighted by Gasteiger charge is 2.11. The average Bonchev–Trinajstić information content (AvgIpc) is 2.83. The monoisotopic (exact) mass is 458 g/mol. The summed E-state index contributed by atoms with van der Waals surface area (Å²) in [6.07, 6.45) is 1.69. The van der Waals surface area contributed by atoms with Gasteiger partial charge in [0, 0.05) is 18.0 Å². The van der Waals surface area contributed by atoms with E-state index in [-0.39, 0.29) is 12.2 Å². The molecular formula is C25H22N4O5. The number of hydrogen-bond donors (Lipinski definition) is 2. The van der Waals surface area contributed by atoms with Gasteiger partial charge in [-0.2, -0.15) is 0 Å². The summed E-state index contributed by atoms with van der Waals surface area (Å²) in [5.41, 5.74) is 3.12. The van der Waals surface area contributed by atoms with E-state index in [0.29, 0.717) is 34.0 Å². The number of carbonyl (C=O) groups is 2. The first-order valence-electron chi connectivity index (χ1n) is 10.4. The number of methoxy groups -OCH3 is 1. The predicted octanol–water partition coefficient (Wildman–Crippen LogP) is 4.01. The number of para-hydroxylation sites is 2. The summed E-state index contributed by atoms with van der Waals surface area (Å²) in [4.78, 5) is 40.9. The summed E-state index contributed by atoms with van der Waals surface area (Å²) in [7, 11) is 1.30. The summed E-state index contributed by atoms with van der Waals surface area (Å²) in [6, 6.07) is 17.8. The van der Waals surface area contributed by atoms with Crippen molar-refractivity contribution in [2.45, 2.75) is 13.5 Å². The standard InChI is InChI=1S/C25H22N4O5/c1-16-11-12-29-22(13-16)26-19(14-23(29)30)15-34-21-6-4-3-5-20(21)28-25(32)27-18-9-7-17(8-10-18)24(31)33-2/h3-14H,15H2,1-2H3,(H2,27,28,32). The Morgan fingerprint density at radius 1 is 1.00 bits per heavy atom. The van der Waals surface area contributed by atoms with Crippen molar-refractivity contribution in [3.8, 4) is 5.75 Å². The molecule has 2 heterocycles. The molecule has 0 saturated heterocycles. The van der Waals surface area contributed by atoms with Crippen LogP contribution < -0.4 is 20.9 Å². The van der Waals surface area contributed by atoms with Gasteiger partial charge in [0.05, 0.1) is 24.1 Å². The van der Waals surface area contributed by atoms with Gasteiger partial charge in [0.15, 0.2) is 0 Å². The zero-order chi connectivity index (χ0) is 24.1. The fourth-order valence-electron chi connectivity index (χ4n) is 3.27. The van der Waals surface area contributed by atoms with E-state index in [1.54, 1.807) is 54.7 Å². The van der Waals surface area contributed by atoms with Crippen molar-refractivity contribution in [2.24, 2.45) is 0 Å². The number of nitrogens with zero attached hydrogens (tertiary/aromatic N) is 2. The maximum absolute atomic E-state index is 12.5. The molecule has 0 atom stereocenters. The molecule has 0 unspecified atom stereocenters. The molecule has 0 aliphatic heterocycles. The third-order valence-electron chi connectivity index (χ3n) is 4.95. The number of nitrogens with one attached hydrogen (secondary N) is 2. The molecule has 0 spiro atoms. The molecule has 0 aliphatic rings. The van der Waals surface area contributed by atoms with E-state index >= 15 is 0 Å². The van der Waals surface area contributed by atoms with E-state index in [9.17, 15) is 14.4 Å². The summed E-state index contributed by atoms with van der Waals surface area (Å²) in [6.45, 7) is 1.98. The molecule has 9 nitrogen and oxygen atoms in total. The van der Waals surface area contributed by atoms with Gasteiger partial charge in [0.1, 0.15) is 18.0 Å². The lowest BCUT2D eigenvalue weighted by atomic mass is 10.2. The van der Waals surface area contributed by atoms with Gasteiger partial charge in [-0.3, -0.25) is 9.20 Å². The summed E-state index contributed by atoms with van der Waals surface area (Å²) in [5.74, 6) is -0.0364. The molecule has 2 aromatic heterocycles. The fraction of sp³-hybridized carbons (Fsp3) is 0.120. The Labute approximate surface area is 195 Å². The molecule has 0 fully saturated rings. The van der Waals surface area contributed by atoms with E-state index in [4.69, 9.17) is 4.74 Å². The van der Waals surface area contributed by atoms with Crippen molar-refractivity contribution in [3.05, 3.63) is 100 Å². The molecule has 34 heavy (non-hydrogen) atoms. The molecule has 172 valence electrons.